The summed E-state index contributed by atoms with van der Waals surface area (Å²) in [7, 11) is 0. The molecule has 0 atom stereocenters. The van der Waals surface area contributed by atoms with E-state index >= 15 is 0 Å². The summed E-state index contributed by atoms with van der Waals surface area (Å²) in [6.07, 6.45) is 23.7. The van der Waals surface area contributed by atoms with Gasteiger partial charge < -0.3 is 9.13 Å². The van der Waals surface area contributed by atoms with Crippen LogP contribution in [0.25, 0.3) is 51.3 Å². The van der Waals surface area contributed by atoms with E-state index in [2.05, 4.69) is 110 Å². The van der Waals surface area contributed by atoms with Gasteiger partial charge in [-0.25, -0.2) is 15.0 Å². The van der Waals surface area contributed by atoms with Crippen molar-refractivity contribution < 1.29 is 0 Å². The Bertz CT molecular complexity index is 1920. The molecule has 200 valence electrons. The van der Waals surface area contributed by atoms with Crippen molar-refractivity contribution in [1.82, 2.24) is 19.1 Å². The van der Waals surface area contributed by atoms with Gasteiger partial charge in [-0.2, -0.15) is 4.99 Å². The highest BCUT2D eigenvalue weighted by Crippen LogP contribution is 2.35. The highest BCUT2D eigenvalue weighted by molar-refractivity contribution is 6.02. The number of fused-ring (bicyclic) bond motifs is 2. The first-order valence-electron chi connectivity index (χ1n) is 13.2. The number of hydrogen-bond acceptors (Lipinski definition) is 3. The first-order chi connectivity index (χ1) is 20.1. The van der Waals surface area contributed by atoms with Crippen molar-refractivity contribution in [3.8, 4) is 18.2 Å². The van der Waals surface area contributed by atoms with Gasteiger partial charge in [0.05, 0.1) is 35.8 Å². The molecule has 2 aromatic carbocycles. The number of hydrogen-bond donors (Lipinski definition) is 0. The lowest BCUT2D eigenvalue weighted by Gasteiger charge is -2.08. The van der Waals surface area contributed by atoms with E-state index in [-0.39, 0.29) is 0 Å². The Hall–Kier alpha value is -5.54. The van der Waals surface area contributed by atoms with Gasteiger partial charge >= 0.3 is 0 Å². The fourth-order valence-corrected chi connectivity index (χ4v) is 5.28. The molecule has 41 heavy (non-hydrogen) atoms. The third-order valence-corrected chi connectivity index (χ3v) is 7.08. The van der Waals surface area contributed by atoms with Crippen LogP contribution in [-0.4, -0.2) is 31.7 Å². The second kappa shape index (κ2) is 12.1. The van der Waals surface area contributed by atoms with Crippen molar-refractivity contribution >= 4 is 58.2 Å². The Balaban J connectivity index is 1.67. The maximum atomic E-state index is 5.17. The third kappa shape index (κ3) is 5.09. The van der Waals surface area contributed by atoms with Gasteiger partial charge in [0.1, 0.15) is 12.7 Å². The summed E-state index contributed by atoms with van der Waals surface area (Å²) >= 11 is 0. The largest absolute Gasteiger partial charge is 0.339 e. The van der Waals surface area contributed by atoms with Gasteiger partial charge in [-0.15, -0.1) is 0 Å². The molecule has 0 aliphatic carbocycles. The van der Waals surface area contributed by atoms with Gasteiger partial charge in [-0.1, -0.05) is 62.1 Å². The van der Waals surface area contributed by atoms with Crippen LogP contribution in [0.3, 0.4) is 0 Å². The first-order valence-corrected chi connectivity index (χ1v) is 13.2. The third-order valence-electron chi connectivity index (χ3n) is 7.08. The van der Waals surface area contributed by atoms with Crippen LogP contribution in [0.15, 0.2) is 96.5 Å². The summed E-state index contributed by atoms with van der Waals surface area (Å²) in [6, 6.07) is 17.0. The molecule has 3 heterocycles. The molecule has 0 aliphatic rings. The zero-order valence-electron chi connectivity index (χ0n) is 23.2. The molecule has 0 unspecified atom stereocenters. The number of aliphatic imine (C=N–C) groups is 2. The number of allylic oxidation sites excluding steroid dienone is 3. The Morgan fingerprint density at radius 3 is 2.59 bits per heavy atom. The quantitative estimate of drug-likeness (QED) is 0.0839. The topological polar surface area (TPSA) is 60.4 Å². The Labute approximate surface area is 240 Å². The van der Waals surface area contributed by atoms with Gasteiger partial charge in [-0.3, -0.25) is 0 Å². The van der Waals surface area contributed by atoms with E-state index in [1.165, 1.54) is 18.2 Å². The second-order valence-corrected chi connectivity index (χ2v) is 9.30. The van der Waals surface area contributed by atoms with Crippen molar-refractivity contribution in [2.75, 3.05) is 0 Å². The SMILES string of the molecule is C#CN=CN=CCn1c(C)c(/C=C\C)c2cc(/C(C=C)=C/c3c(C=C)n(-c4cncnc4)c4ccccc34)ccc21. The maximum Gasteiger partial charge on any atom is 0.125 e. The molecule has 3 aromatic heterocycles. The number of aromatic nitrogens is 4. The van der Waals surface area contributed by atoms with Crippen molar-refractivity contribution in [1.29, 1.82) is 0 Å². The maximum absolute atomic E-state index is 5.17. The number of para-hydroxylation sites is 1. The average molecular weight is 535 g/mol. The molecule has 0 spiro atoms. The van der Waals surface area contributed by atoms with E-state index in [0.29, 0.717) is 6.54 Å². The first kappa shape index (κ1) is 27.0. The summed E-state index contributed by atoms with van der Waals surface area (Å²) < 4.78 is 4.38. The lowest BCUT2D eigenvalue weighted by Crippen LogP contribution is -2.01. The van der Waals surface area contributed by atoms with E-state index in [1.807, 2.05) is 37.5 Å². The fraction of sp³-hybridized carbons (Fsp3) is 0.0857. The molecule has 0 saturated carbocycles. The minimum Gasteiger partial charge on any atom is -0.339 e. The Kier molecular flexibility index (Phi) is 7.98. The van der Waals surface area contributed by atoms with Crippen LogP contribution in [0.5, 0.6) is 0 Å². The summed E-state index contributed by atoms with van der Waals surface area (Å²) in [5.74, 6) is 0. The van der Waals surface area contributed by atoms with Crippen molar-refractivity contribution in [2.45, 2.75) is 20.4 Å². The lowest BCUT2D eigenvalue weighted by atomic mass is 9.98. The smallest absolute Gasteiger partial charge is 0.125 e. The highest BCUT2D eigenvalue weighted by atomic mass is 15.0. The van der Waals surface area contributed by atoms with E-state index < -0.39 is 0 Å². The molecule has 5 aromatic rings. The van der Waals surface area contributed by atoms with Gasteiger partial charge in [-0.05, 0) is 55.3 Å². The lowest BCUT2D eigenvalue weighted by molar-refractivity contribution is 0.867. The van der Waals surface area contributed by atoms with Crippen molar-refractivity contribution in [2.24, 2.45) is 9.98 Å². The molecule has 5 rings (SSSR count). The zero-order chi connectivity index (χ0) is 28.8. The predicted molar refractivity (Wildman–Crippen MR) is 174 cm³/mol. The standard InChI is InChI=1S/C35H30N6/c1-6-12-29-25(5)40(18-17-37-23-36-9-4)34-16-15-27(20-31(29)34)26(7-2)19-32-30-13-10-11-14-35(30)41(33(32)8-3)28-21-38-24-39-22-28/h4,6-8,10-17,19-24H,2-3,18H2,1,5H3/b12-6-,26-19+,36-23?,37-17?. The van der Waals surface area contributed by atoms with Crippen LogP contribution in [0.4, 0.5) is 0 Å². The number of benzene rings is 2. The summed E-state index contributed by atoms with van der Waals surface area (Å²) in [4.78, 5) is 16.4. The number of nitrogens with zero attached hydrogens (tertiary/aromatic N) is 6. The molecule has 0 saturated heterocycles. The van der Waals surface area contributed by atoms with Gasteiger partial charge in [0.25, 0.3) is 0 Å². The summed E-state index contributed by atoms with van der Waals surface area (Å²) in [5.41, 5.74) is 9.47. The summed E-state index contributed by atoms with van der Waals surface area (Å²) in [5, 5.41) is 2.26. The molecule has 0 radical (unpaired) electrons. The van der Waals surface area contributed by atoms with Crippen LogP contribution in [0.1, 0.15) is 35.0 Å². The molecule has 0 bridgehead atoms. The minimum absolute atomic E-state index is 0.603. The van der Waals surface area contributed by atoms with Crippen LogP contribution in [0.2, 0.25) is 0 Å². The van der Waals surface area contributed by atoms with E-state index in [4.69, 9.17) is 6.42 Å². The normalized spacial score (nSPS) is 12.3. The van der Waals surface area contributed by atoms with E-state index in [1.54, 1.807) is 6.21 Å². The second-order valence-electron chi connectivity index (χ2n) is 9.30. The Morgan fingerprint density at radius 2 is 1.85 bits per heavy atom. The fourth-order valence-electron chi connectivity index (χ4n) is 5.28. The van der Waals surface area contributed by atoms with Gasteiger partial charge in [0.2, 0.25) is 0 Å². The average Bonchev–Trinajstić information content (AvgIpc) is 3.46. The summed E-state index contributed by atoms with van der Waals surface area (Å²) in [6.45, 7) is 13.1. The van der Waals surface area contributed by atoms with E-state index in [0.717, 1.165) is 55.6 Å². The molecular weight excluding hydrogens is 504 g/mol. The molecule has 6 heteroatoms. The van der Waals surface area contributed by atoms with Crippen LogP contribution < -0.4 is 0 Å². The van der Waals surface area contributed by atoms with Crippen LogP contribution in [-0.2, 0) is 6.54 Å². The van der Waals surface area contributed by atoms with Gasteiger partial charge in [0, 0.05) is 45.4 Å². The van der Waals surface area contributed by atoms with Gasteiger partial charge in [0.15, 0.2) is 0 Å². The Morgan fingerprint density at radius 1 is 1.05 bits per heavy atom. The molecule has 0 aliphatic heterocycles. The van der Waals surface area contributed by atoms with Crippen molar-refractivity contribution in [3.63, 3.8) is 0 Å². The van der Waals surface area contributed by atoms with E-state index in [9.17, 15) is 0 Å². The molecule has 6 nitrogen and oxygen atoms in total. The molecule has 0 N–H and O–H groups in total. The predicted octanol–water partition coefficient (Wildman–Crippen LogP) is 7.78. The molecular formula is C35H30N6. The number of rotatable bonds is 9. The number of terminal acetylenes is 1. The molecule has 0 fully saturated rings. The molecule has 0 amide bonds. The van der Waals surface area contributed by atoms with Crippen LogP contribution in [0, 0.1) is 19.4 Å². The highest BCUT2D eigenvalue weighted by Gasteiger charge is 2.17. The zero-order valence-corrected chi connectivity index (χ0v) is 23.2. The van der Waals surface area contributed by atoms with Crippen LogP contribution >= 0.6 is 0 Å². The minimum atomic E-state index is 0.603. The van der Waals surface area contributed by atoms with Crippen molar-refractivity contribution in [3.05, 3.63) is 115 Å². The monoisotopic (exact) mass is 534 g/mol.